The number of thiocarbonyl (C=S) groups is 1. The summed E-state index contributed by atoms with van der Waals surface area (Å²) >= 11 is 6.33. The molecule has 0 heterocycles. The number of ether oxygens (including phenoxy) is 1. The molecule has 0 atom stereocenters. The molecule has 0 fully saturated rings. The van der Waals surface area contributed by atoms with Crippen molar-refractivity contribution in [2.45, 2.75) is 6.92 Å². The number of nitrogens with one attached hydrogen (secondary N) is 4. The van der Waals surface area contributed by atoms with E-state index >= 15 is 0 Å². The summed E-state index contributed by atoms with van der Waals surface area (Å²) in [6.07, 6.45) is 0. The van der Waals surface area contributed by atoms with Crippen LogP contribution in [0.4, 0.5) is 11.4 Å². The summed E-state index contributed by atoms with van der Waals surface area (Å²) in [5, 5.41) is 6.01. The highest BCUT2D eigenvalue weighted by Crippen LogP contribution is 2.15. The molecular weight excluding hydrogens is 396 g/mol. The molecule has 0 radical (unpaired) electrons. The van der Waals surface area contributed by atoms with Gasteiger partial charge in [-0.1, -0.05) is 12.1 Å². The van der Waals surface area contributed by atoms with Gasteiger partial charge in [-0.05, 0) is 61.1 Å². The average molecular weight is 419 g/mol. The van der Waals surface area contributed by atoms with Gasteiger partial charge in [0.05, 0.1) is 18.6 Å². The molecule has 0 saturated heterocycles. The second-order valence-electron chi connectivity index (χ2n) is 5.77. The Kier molecular flexibility index (Phi) is 8.57. The molecule has 148 valence electrons. The van der Waals surface area contributed by atoms with Gasteiger partial charge in [-0.15, -0.1) is 11.8 Å². The van der Waals surface area contributed by atoms with Gasteiger partial charge in [-0.25, -0.2) is 0 Å². The molecule has 0 unspecified atom stereocenters. The van der Waals surface area contributed by atoms with Crippen LogP contribution >= 0.6 is 24.0 Å². The van der Waals surface area contributed by atoms with Crippen LogP contribution in [-0.2, 0) is 9.59 Å². The number of hydrazine groups is 1. The summed E-state index contributed by atoms with van der Waals surface area (Å²) in [4.78, 5) is 23.7. The molecule has 2 amide bonds. The lowest BCUT2D eigenvalue weighted by atomic mass is 10.2. The van der Waals surface area contributed by atoms with E-state index in [1.165, 1.54) is 11.8 Å². The normalized spacial score (nSPS) is 9.93. The number of benzene rings is 2. The van der Waals surface area contributed by atoms with Crippen LogP contribution in [0, 0.1) is 6.92 Å². The number of rotatable bonds is 7. The van der Waals surface area contributed by atoms with Crippen LogP contribution in [0.15, 0.2) is 48.5 Å². The fraction of sp³-hybridized carbons (Fsp3) is 0.211. The third-order valence-corrected chi connectivity index (χ3v) is 4.57. The Morgan fingerprint density at radius 3 is 2.36 bits per heavy atom. The zero-order valence-corrected chi connectivity index (χ0v) is 17.2. The molecule has 0 spiro atoms. The van der Waals surface area contributed by atoms with Crippen molar-refractivity contribution >= 4 is 52.3 Å². The van der Waals surface area contributed by atoms with Crippen LogP contribution in [0.1, 0.15) is 5.56 Å². The van der Waals surface area contributed by atoms with Gasteiger partial charge in [0.1, 0.15) is 5.75 Å². The van der Waals surface area contributed by atoms with E-state index in [0.717, 1.165) is 11.3 Å². The maximum absolute atomic E-state index is 11.9. The van der Waals surface area contributed by atoms with Crippen molar-refractivity contribution < 1.29 is 14.3 Å². The lowest BCUT2D eigenvalue weighted by Crippen LogP contribution is -2.44. The Labute approximate surface area is 173 Å². The molecule has 28 heavy (non-hydrogen) atoms. The average Bonchev–Trinajstić information content (AvgIpc) is 2.67. The molecule has 2 aromatic rings. The molecule has 0 aliphatic rings. The number of hydrogen-bond donors (Lipinski definition) is 4. The summed E-state index contributed by atoms with van der Waals surface area (Å²) in [6, 6.07) is 14.7. The quantitative estimate of drug-likeness (QED) is 0.406. The zero-order valence-electron chi connectivity index (χ0n) is 15.6. The van der Waals surface area contributed by atoms with E-state index < -0.39 is 0 Å². The SMILES string of the molecule is COc1ccc(NC(=O)CSCC(=O)NNC(=S)Nc2cccc(C)c2)cc1. The maximum Gasteiger partial charge on any atom is 0.248 e. The largest absolute Gasteiger partial charge is 0.497 e. The lowest BCUT2D eigenvalue weighted by molar-refractivity contribution is -0.119. The number of aryl methyl sites for hydroxylation is 1. The number of carbonyl (C=O) groups is 2. The van der Waals surface area contributed by atoms with Gasteiger partial charge in [-0.3, -0.25) is 20.4 Å². The minimum absolute atomic E-state index is 0.121. The highest BCUT2D eigenvalue weighted by molar-refractivity contribution is 8.00. The molecule has 0 aliphatic heterocycles. The molecule has 0 aromatic heterocycles. The Balaban J connectivity index is 1.62. The number of amides is 2. The van der Waals surface area contributed by atoms with E-state index in [1.54, 1.807) is 31.4 Å². The second kappa shape index (κ2) is 11.2. The van der Waals surface area contributed by atoms with Crippen molar-refractivity contribution in [2.75, 3.05) is 29.2 Å². The Bertz CT molecular complexity index is 828. The van der Waals surface area contributed by atoms with Crippen molar-refractivity contribution in [2.24, 2.45) is 0 Å². The standard InChI is InChI=1S/C19H22N4O3S2/c1-13-4-3-5-15(10-13)21-19(27)23-22-18(25)12-28-11-17(24)20-14-6-8-16(26-2)9-7-14/h3-10H,11-12H2,1-2H3,(H,20,24)(H,22,25)(H2,21,23,27). The molecule has 9 heteroatoms. The second-order valence-corrected chi connectivity index (χ2v) is 7.16. The Morgan fingerprint density at radius 1 is 0.964 bits per heavy atom. The van der Waals surface area contributed by atoms with Crippen molar-refractivity contribution in [1.29, 1.82) is 0 Å². The highest BCUT2D eigenvalue weighted by atomic mass is 32.2. The van der Waals surface area contributed by atoms with Crippen LogP contribution in [0.3, 0.4) is 0 Å². The number of carbonyl (C=O) groups excluding carboxylic acids is 2. The van der Waals surface area contributed by atoms with Gasteiger partial charge in [0.25, 0.3) is 0 Å². The van der Waals surface area contributed by atoms with Gasteiger partial charge < -0.3 is 15.4 Å². The molecule has 7 nitrogen and oxygen atoms in total. The number of methoxy groups -OCH3 is 1. The van der Waals surface area contributed by atoms with Crippen molar-refractivity contribution in [1.82, 2.24) is 10.9 Å². The van der Waals surface area contributed by atoms with Gasteiger partial charge in [0.15, 0.2) is 5.11 Å². The van der Waals surface area contributed by atoms with Crippen LogP contribution in [-0.4, -0.2) is 35.5 Å². The minimum atomic E-state index is -0.282. The van der Waals surface area contributed by atoms with Crippen molar-refractivity contribution in [3.05, 3.63) is 54.1 Å². The van der Waals surface area contributed by atoms with E-state index in [-0.39, 0.29) is 28.4 Å². The summed E-state index contributed by atoms with van der Waals surface area (Å²) in [7, 11) is 1.58. The summed E-state index contributed by atoms with van der Waals surface area (Å²) < 4.78 is 5.06. The number of hydrogen-bond acceptors (Lipinski definition) is 5. The fourth-order valence-electron chi connectivity index (χ4n) is 2.16. The van der Waals surface area contributed by atoms with Crippen LogP contribution in [0.5, 0.6) is 5.75 Å². The topological polar surface area (TPSA) is 91.5 Å². The van der Waals surface area contributed by atoms with Crippen LogP contribution < -0.4 is 26.2 Å². The van der Waals surface area contributed by atoms with Gasteiger partial charge in [-0.2, -0.15) is 0 Å². The summed E-state index contributed by atoms with van der Waals surface area (Å²) in [5.41, 5.74) is 7.73. The smallest absolute Gasteiger partial charge is 0.248 e. The lowest BCUT2D eigenvalue weighted by Gasteiger charge is -2.12. The molecule has 2 aromatic carbocycles. The van der Waals surface area contributed by atoms with Gasteiger partial charge in [0, 0.05) is 11.4 Å². The predicted molar refractivity (Wildman–Crippen MR) is 118 cm³/mol. The molecule has 0 saturated carbocycles. The number of anilines is 2. The third kappa shape index (κ3) is 7.85. The molecular formula is C19H22N4O3S2. The first-order valence-corrected chi connectivity index (χ1v) is 9.96. The van der Waals surface area contributed by atoms with E-state index in [2.05, 4.69) is 21.5 Å². The maximum atomic E-state index is 11.9. The Morgan fingerprint density at radius 2 is 1.68 bits per heavy atom. The number of thioether (sulfide) groups is 1. The van der Waals surface area contributed by atoms with Crippen molar-refractivity contribution in [3.8, 4) is 5.75 Å². The van der Waals surface area contributed by atoms with Gasteiger partial charge in [0.2, 0.25) is 11.8 Å². The predicted octanol–water partition coefficient (Wildman–Crippen LogP) is 2.69. The monoisotopic (exact) mass is 418 g/mol. The summed E-state index contributed by atoms with van der Waals surface area (Å²) in [6.45, 7) is 1.98. The van der Waals surface area contributed by atoms with E-state index in [4.69, 9.17) is 17.0 Å². The third-order valence-electron chi connectivity index (χ3n) is 3.43. The van der Waals surface area contributed by atoms with E-state index in [9.17, 15) is 9.59 Å². The van der Waals surface area contributed by atoms with Crippen LogP contribution in [0.25, 0.3) is 0 Å². The van der Waals surface area contributed by atoms with Gasteiger partial charge >= 0.3 is 0 Å². The minimum Gasteiger partial charge on any atom is -0.497 e. The van der Waals surface area contributed by atoms with Crippen molar-refractivity contribution in [3.63, 3.8) is 0 Å². The molecule has 2 rings (SSSR count). The zero-order chi connectivity index (χ0) is 20.4. The first-order chi connectivity index (χ1) is 13.5. The van der Waals surface area contributed by atoms with Crippen LogP contribution in [0.2, 0.25) is 0 Å². The molecule has 0 bridgehead atoms. The molecule has 4 N–H and O–H groups in total. The summed E-state index contributed by atoms with van der Waals surface area (Å²) in [5.74, 6) is 0.524. The van der Waals surface area contributed by atoms with E-state index in [0.29, 0.717) is 11.4 Å². The highest BCUT2D eigenvalue weighted by Gasteiger charge is 2.07. The fourth-order valence-corrected chi connectivity index (χ4v) is 2.94. The van der Waals surface area contributed by atoms with E-state index in [1.807, 2.05) is 31.2 Å². The first-order valence-electron chi connectivity index (χ1n) is 8.40. The molecule has 0 aliphatic carbocycles. The Hall–Kier alpha value is -2.78. The first kappa shape index (κ1) is 21.5.